The molecule has 3 heterocycles. The number of fused-ring (bicyclic) bond motifs is 1. The largest absolute Gasteiger partial charge is 0.416 e. The van der Waals surface area contributed by atoms with Crippen LogP contribution in [0.3, 0.4) is 0 Å². The summed E-state index contributed by atoms with van der Waals surface area (Å²) in [6.07, 6.45) is -1.40. The van der Waals surface area contributed by atoms with E-state index in [0.29, 0.717) is 30.6 Å². The molecule has 11 heteroatoms. The van der Waals surface area contributed by atoms with Gasteiger partial charge in [0.05, 0.1) is 18.3 Å². The van der Waals surface area contributed by atoms with Gasteiger partial charge < -0.3 is 0 Å². The molecule has 0 saturated heterocycles. The SMILES string of the molecule is CCCn1c(=O)c2c(n(CC)c1=O)=N[C@H](c1cnn(Cc3cccc(C(F)(F)F)c3)c1)N=2. The molecule has 0 radical (unpaired) electrons. The molecular weight excluding hydrogens is 425 g/mol. The van der Waals surface area contributed by atoms with Crippen LogP contribution in [0.1, 0.15) is 43.1 Å². The molecule has 0 saturated carbocycles. The highest BCUT2D eigenvalue weighted by Gasteiger charge is 2.30. The van der Waals surface area contributed by atoms with Gasteiger partial charge in [-0.2, -0.15) is 18.3 Å². The molecular formula is C21H21F3N6O2. The Bertz CT molecular complexity index is 1400. The van der Waals surface area contributed by atoms with Crippen molar-refractivity contribution in [3.8, 4) is 0 Å². The topological polar surface area (TPSA) is 86.5 Å². The van der Waals surface area contributed by atoms with Crippen LogP contribution in [-0.2, 0) is 25.8 Å². The lowest BCUT2D eigenvalue weighted by atomic mass is 10.1. The highest BCUT2D eigenvalue weighted by molar-refractivity contribution is 5.26. The predicted octanol–water partition coefficient (Wildman–Crippen LogP) is 1.66. The fourth-order valence-corrected chi connectivity index (χ4v) is 3.67. The average Bonchev–Trinajstić information content (AvgIpc) is 3.39. The Morgan fingerprint density at radius 2 is 1.88 bits per heavy atom. The fourth-order valence-electron chi connectivity index (χ4n) is 3.67. The number of halogens is 3. The van der Waals surface area contributed by atoms with Gasteiger partial charge in [-0.3, -0.25) is 18.6 Å². The summed E-state index contributed by atoms with van der Waals surface area (Å²) in [4.78, 5) is 34.3. The summed E-state index contributed by atoms with van der Waals surface area (Å²) < 4.78 is 42.9. The smallest absolute Gasteiger partial charge is 0.277 e. The molecule has 0 aliphatic carbocycles. The van der Waals surface area contributed by atoms with Crippen LogP contribution in [0.25, 0.3) is 0 Å². The molecule has 0 spiro atoms. The van der Waals surface area contributed by atoms with Gasteiger partial charge in [0.1, 0.15) is 0 Å². The first-order valence-electron chi connectivity index (χ1n) is 10.2. The van der Waals surface area contributed by atoms with Crippen molar-refractivity contribution in [2.75, 3.05) is 0 Å². The van der Waals surface area contributed by atoms with Crippen molar-refractivity contribution in [2.24, 2.45) is 9.98 Å². The van der Waals surface area contributed by atoms with Crippen molar-refractivity contribution in [3.05, 3.63) is 85.0 Å². The van der Waals surface area contributed by atoms with Gasteiger partial charge in [-0.25, -0.2) is 14.8 Å². The number of alkyl halides is 3. The van der Waals surface area contributed by atoms with Crippen molar-refractivity contribution in [2.45, 2.75) is 52.2 Å². The molecule has 1 atom stereocenters. The monoisotopic (exact) mass is 446 g/mol. The first-order valence-corrected chi connectivity index (χ1v) is 10.2. The minimum absolute atomic E-state index is 0.132. The van der Waals surface area contributed by atoms with Crippen LogP contribution in [0.15, 0.2) is 56.2 Å². The molecule has 32 heavy (non-hydrogen) atoms. The summed E-state index contributed by atoms with van der Waals surface area (Å²) in [5, 5.41) is 4.34. The highest BCUT2D eigenvalue weighted by atomic mass is 19.4. The zero-order valence-electron chi connectivity index (χ0n) is 17.5. The van der Waals surface area contributed by atoms with Crippen molar-refractivity contribution < 1.29 is 13.2 Å². The third-order valence-electron chi connectivity index (χ3n) is 5.19. The zero-order valence-corrected chi connectivity index (χ0v) is 17.5. The van der Waals surface area contributed by atoms with Crippen molar-refractivity contribution in [3.63, 3.8) is 0 Å². The third kappa shape index (κ3) is 3.90. The number of rotatable bonds is 6. The van der Waals surface area contributed by atoms with Crippen LogP contribution in [0.5, 0.6) is 0 Å². The average molecular weight is 446 g/mol. The van der Waals surface area contributed by atoms with Crippen LogP contribution < -0.4 is 22.1 Å². The van der Waals surface area contributed by atoms with Crippen LogP contribution in [-0.4, -0.2) is 18.9 Å². The van der Waals surface area contributed by atoms with E-state index in [9.17, 15) is 22.8 Å². The first-order chi connectivity index (χ1) is 15.2. The number of nitrogens with zero attached hydrogens (tertiary/aromatic N) is 6. The summed E-state index contributed by atoms with van der Waals surface area (Å²) in [5.41, 5.74) is -0.354. The van der Waals surface area contributed by atoms with Gasteiger partial charge in [0, 0.05) is 24.8 Å². The van der Waals surface area contributed by atoms with Gasteiger partial charge >= 0.3 is 11.9 Å². The third-order valence-corrected chi connectivity index (χ3v) is 5.19. The molecule has 0 amide bonds. The van der Waals surface area contributed by atoms with E-state index in [1.54, 1.807) is 19.2 Å². The maximum atomic E-state index is 12.9. The Kier molecular flexibility index (Phi) is 5.57. The molecule has 2 aromatic heterocycles. The second-order valence-corrected chi connectivity index (χ2v) is 7.46. The summed E-state index contributed by atoms with van der Waals surface area (Å²) in [7, 11) is 0. The van der Waals surface area contributed by atoms with Gasteiger partial charge in [0.2, 0.25) is 0 Å². The van der Waals surface area contributed by atoms with Gasteiger partial charge in [-0.05, 0) is 31.0 Å². The molecule has 1 aliphatic heterocycles. The van der Waals surface area contributed by atoms with Gasteiger partial charge in [-0.1, -0.05) is 19.1 Å². The van der Waals surface area contributed by atoms with Crippen molar-refractivity contribution in [1.82, 2.24) is 18.9 Å². The Labute approximate surface area is 180 Å². The number of aromatic nitrogens is 4. The maximum absolute atomic E-state index is 12.9. The minimum atomic E-state index is -4.42. The summed E-state index contributed by atoms with van der Waals surface area (Å²) in [6, 6.07) is 5.04. The van der Waals surface area contributed by atoms with E-state index in [1.807, 2.05) is 6.92 Å². The van der Waals surface area contributed by atoms with E-state index in [1.165, 1.54) is 26.1 Å². The van der Waals surface area contributed by atoms with E-state index < -0.39 is 29.2 Å². The number of hydrogen-bond acceptors (Lipinski definition) is 5. The molecule has 1 aliphatic rings. The fraction of sp³-hybridized carbons (Fsp3) is 0.381. The minimum Gasteiger partial charge on any atom is -0.277 e. The normalized spacial score (nSPS) is 15.3. The highest BCUT2D eigenvalue weighted by Crippen LogP contribution is 2.29. The molecule has 0 unspecified atom stereocenters. The lowest BCUT2D eigenvalue weighted by Gasteiger charge is -2.08. The van der Waals surface area contributed by atoms with E-state index >= 15 is 0 Å². The summed E-state index contributed by atoms with van der Waals surface area (Å²) in [5.74, 6) is 0. The number of benzene rings is 1. The summed E-state index contributed by atoms with van der Waals surface area (Å²) in [6.45, 7) is 4.43. The zero-order chi connectivity index (χ0) is 23.0. The molecule has 4 rings (SSSR count). The quantitative estimate of drug-likeness (QED) is 0.577. The van der Waals surface area contributed by atoms with Crippen molar-refractivity contribution >= 4 is 0 Å². The van der Waals surface area contributed by atoms with Gasteiger partial charge in [-0.15, -0.1) is 0 Å². The van der Waals surface area contributed by atoms with Crippen LogP contribution in [0, 0.1) is 0 Å². The van der Waals surface area contributed by atoms with E-state index in [2.05, 4.69) is 15.1 Å². The van der Waals surface area contributed by atoms with Gasteiger partial charge in [0.25, 0.3) is 5.56 Å². The van der Waals surface area contributed by atoms with E-state index in [-0.39, 0.29) is 17.4 Å². The van der Waals surface area contributed by atoms with Crippen molar-refractivity contribution in [1.29, 1.82) is 0 Å². The molecule has 1 aromatic carbocycles. The van der Waals surface area contributed by atoms with Crippen LogP contribution in [0.4, 0.5) is 13.2 Å². The first kappa shape index (κ1) is 21.7. The van der Waals surface area contributed by atoms with Crippen LogP contribution in [0.2, 0.25) is 0 Å². The van der Waals surface area contributed by atoms with Gasteiger partial charge in [0.15, 0.2) is 17.0 Å². The second-order valence-electron chi connectivity index (χ2n) is 7.46. The molecule has 168 valence electrons. The Balaban J connectivity index is 1.67. The Morgan fingerprint density at radius 1 is 1.09 bits per heavy atom. The molecule has 3 aromatic rings. The molecule has 0 N–H and O–H groups in total. The molecule has 0 fully saturated rings. The Morgan fingerprint density at radius 3 is 2.56 bits per heavy atom. The Hall–Kier alpha value is -3.50. The second kappa shape index (κ2) is 8.21. The lowest BCUT2D eigenvalue weighted by Crippen LogP contribution is -2.57. The maximum Gasteiger partial charge on any atom is 0.416 e. The number of hydrogen-bond donors (Lipinski definition) is 0. The van der Waals surface area contributed by atoms with E-state index in [4.69, 9.17) is 0 Å². The molecule has 0 bridgehead atoms. The molecule has 8 nitrogen and oxygen atoms in total. The lowest BCUT2D eigenvalue weighted by molar-refractivity contribution is -0.137. The standard InChI is InChI=1S/C21H21F3N6O2/c1-3-8-30-19(31)16-18(29(4-2)20(30)32)27-17(26-16)14-10-25-28(12-14)11-13-6-5-7-15(9-13)21(22,23)24/h5-7,9-10,12,17H,3-4,8,11H2,1-2H3/t17-/m1/s1. The predicted molar refractivity (Wildman–Crippen MR) is 109 cm³/mol. The summed E-state index contributed by atoms with van der Waals surface area (Å²) >= 11 is 0. The van der Waals surface area contributed by atoms with Crippen LogP contribution >= 0.6 is 0 Å². The van der Waals surface area contributed by atoms with E-state index in [0.717, 1.165) is 12.1 Å².